The Hall–Kier alpha value is -1.20. The van der Waals surface area contributed by atoms with Gasteiger partial charge in [-0.25, -0.2) is 0 Å². The molecular formula is C10H10ClNO. The van der Waals surface area contributed by atoms with Gasteiger partial charge < -0.3 is 5.11 Å². The minimum atomic E-state index is -0.335. The van der Waals surface area contributed by atoms with Crippen LogP contribution in [0.5, 0.6) is 5.75 Å². The molecule has 1 N–H and O–H groups in total. The molecule has 0 radical (unpaired) electrons. The fraction of sp³-hybridized carbons (Fsp3) is 0.300. The molecule has 0 aliphatic rings. The van der Waals surface area contributed by atoms with E-state index in [-0.39, 0.29) is 11.7 Å². The Balaban J connectivity index is 3.35. The van der Waals surface area contributed by atoms with E-state index in [2.05, 4.69) is 6.07 Å². The highest BCUT2D eigenvalue weighted by Gasteiger charge is 2.14. The molecule has 0 aromatic heterocycles. The Bertz CT molecular complexity index is 368. The van der Waals surface area contributed by atoms with Crippen LogP contribution in [0.15, 0.2) is 12.1 Å². The molecule has 0 bridgehead atoms. The molecule has 0 aliphatic heterocycles. The molecule has 0 heterocycles. The molecule has 1 atom stereocenters. The van der Waals surface area contributed by atoms with E-state index in [0.717, 1.165) is 5.56 Å². The van der Waals surface area contributed by atoms with Crippen molar-refractivity contribution in [3.05, 3.63) is 28.3 Å². The van der Waals surface area contributed by atoms with Gasteiger partial charge in [0.15, 0.2) is 0 Å². The zero-order chi connectivity index (χ0) is 10.0. The SMILES string of the molecule is Cc1c(Cl)ccc(O)c1C(C)C#N. The molecular weight excluding hydrogens is 186 g/mol. The summed E-state index contributed by atoms with van der Waals surface area (Å²) in [6, 6.07) is 5.21. The molecule has 1 aromatic carbocycles. The van der Waals surface area contributed by atoms with Crippen molar-refractivity contribution >= 4 is 11.6 Å². The van der Waals surface area contributed by atoms with E-state index in [0.29, 0.717) is 10.6 Å². The van der Waals surface area contributed by atoms with E-state index >= 15 is 0 Å². The summed E-state index contributed by atoms with van der Waals surface area (Å²) in [7, 11) is 0. The van der Waals surface area contributed by atoms with Gasteiger partial charge >= 0.3 is 0 Å². The maximum absolute atomic E-state index is 9.51. The van der Waals surface area contributed by atoms with Crippen molar-refractivity contribution in [2.75, 3.05) is 0 Å². The normalized spacial score (nSPS) is 12.2. The summed E-state index contributed by atoms with van der Waals surface area (Å²) in [5, 5.41) is 18.8. The molecule has 0 saturated heterocycles. The van der Waals surface area contributed by atoms with Crippen molar-refractivity contribution in [2.24, 2.45) is 0 Å². The second-order valence-corrected chi connectivity index (χ2v) is 3.36. The second kappa shape index (κ2) is 3.68. The maximum Gasteiger partial charge on any atom is 0.120 e. The first-order valence-electron chi connectivity index (χ1n) is 3.95. The Kier molecular flexibility index (Phi) is 2.79. The van der Waals surface area contributed by atoms with Crippen LogP contribution in [-0.2, 0) is 0 Å². The van der Waals surface area contributed by atoms with E-state index in [4.69, 9.17) is 16.9 Å². The quantitative estimate of drug-likeness (QED) is 0.749. The third-order valence-corrected chi connectivity index (χ3v) is 2.46. The molecule has 2 nitrogen and oxygen atoms in total. The highest BCUT2D eigenvalue weighted by atomic mass is 35.5. The van der Waals surface area contributed by atoms with Gasteiger partial charge in [-0.05, 0) is 31.5 Å². The predicted octanol–water partition coefficient (Wildman–Crippen LogP) is 2.98. The summed E-state index contributed by atoms with van der Waals surface area (Å²) in [5.74, 6) is -0.199. The summed E-state index contributed by atoms with van der Waals surface area (Å²) in [4.78, 5) is 0. The summed E-state index contributed by atoms with van der Waals surface area (Å²) >= 11 is 5.87. The lowest BCUT2D eigenvalue weighted by Gasteiger charge is -2.10. The maximum atomic E-state index is 9.51. The molecule has 0 spiro atoms. The highest BCUT2D eigenvalue weighted by Crippen LogP contribution is 2.32. The van der Waals surface area contributed by atoms with Crippen LogP contribution in [0.4, 0.5) is 0 Å². The molecule has 1 rings (SSSR count). The highest BCUT2D eigenvalue weighted by molar-refractivity contribution is 6.31. The van der Waals surface area contributed by atoms with Crippen molar-refractivity contribution in [2.45, 2.75) is 19.8 Å². The molecule has 3 heteroatoms. The first-order valence-corrected chi connectivity index (χ1v) is 4.33. The Morgan fingerprint density at radius 2 is 2.15 bits per heavy atom. The van der Waals surface area contributed by atoms with Crippen molar-refractivity contribution in [3.8, 4) is 11.8 Å². The predicted molar refractivity (Wildman–Crippen MR) is 51.9 cm³/mol. The lowest BCUT2D eigenvalue weighted by atomic mass is 9.96. The zero-order valence-corrected chi connectivity index (χ0v) is 8.26. The van der Waals surface area contributed by atoms with Gasteiger partial charge in [0, 0.05) is 10.6 Å². The summed E-state index contributed by atoms with van der Waals surface area (Å²) in [6.45, 7) is 3.53. The Labute approximate surface area is 82.4 Å². The fourth-order valence-electron chi connectivity index (χ4n) is 1.30. The summed E-state index contributed by atoms with van der Waals surface area (Å²) in [5.41, 5.74) is 1.39. The number of benzene rings is 1. The van der Waals surface area contributed by atoms with Crippen LogP contribution >= 0.6 is 11.6 Å². The van der Waals surface area contributed by atoms with Crippen LogP contribution in [-0.4, -0.2) is 5.11 Å². The third kappa shape index (κ3) is 1.76. The van der Waals surface area contributed by atoms with E-state index in [1.165, 1.54) is 6.07 Å². The lowest BCUT2D eigenvalue weighted by molar-refractivity contribution is 0.466. The molecule has 0 fully saturated rings. The minimum absolute atomic E-state index is 0.135. The van der Waals surface area contributed by atoms with Gasteiger partial charge in [-0.1, -0.05) is 11.6 Å². The molecule has 0 saturated carbocycles. The number of nitriles is 1. The third-order valence-electron chi connectivity index (χ3n) is 2.05. The molecule has 68 valence electrons. The lowest BCUT2D eigenvalue weighted by Crippen LogP contribution is -1.94. The van der Waals surface area contributed by atoms with E-state index in [1.54, 1.807) is 19.9 Å². The van der Waals surface area contributed by atoms with Crippen LogP contribution in [0.2, 0.25) is 5.02 Å². The first-order chi connectivity index (χ1) is 6.07. The molecule has 13 heavy (non-hydrogen) atoms. The van der Waals surface area contributed by atoms with Gasteiger partial charge in [-0.15, -0.1) is 0 Å². The van der Waals surface area contributed by atoms with Crippen LogP contribution in [0, 0.1) is 18.3 Å². The minimum Gasteiger partial charge on any atom is -0.508 e. The smallest absolute Gasteiger partial charge is 0.120 e. The van der Waals surface area contributed by atoms with Crippen molar-refractivity contribution in [3.63, 3.8) is 0 Å². The van der Waals surface area contributed by atoms with Crippen molar-refractivity contribution in [1.29, 1.82) is 5.26 Å². The van der Waals surface area contributed by atoms with Gasteiger partial charge in [0.1, 0.15) is 5.75 Å². The summed E-state index contributed by atoms with van der Waals surface area (Å²) in [6.07, 6.45) is 0. The van der Waals surface area contributed by atoms with Crippen molar-refractivity contribution in [1.82, 2.24) is 0 Å². The van der Waals surface area contributed by atoms with Gasteiger partial charge in [-0.3, -0.25) is 0 Å². The standard InChI is InChI=1S/C10H10ClNO/c1-6(5-12)10-7(2)8(11)3-4-9(10)13/h3-4,6,13H,1-2H3. The fourth-order valence-corrected chi connectivity index (χ4v) is 1.46. The number of hydrogen-bond donors (Lipinski definition) is 1. The van der Waals surface area contributed by atoms with Gasteiger partial charge in [0.05, 0.1) is 12.0 Å². The van der Waals surface area contributed by atoms with E-state index < -0.39 is 0 Å². The monoisotopic (exact) mass is 195 g/mol. The van der Waals surface area contributed by atoms with Crippen molar-refractivity contribution < 1.29 is 5.11 Å². The first kappa shape index (κ1) is 9.88. The average Bonchev–Trinajstić information content (AvgIpc) is 2.12. The Morgan fingerprint density at radius 1 is 1.54 bits per heavy atom. The molecule has 0 aliphatic carbocycles. The number of aromatic hydroxyl groups is 1. The number of halogens is 1. The van der Waals surface area contributed by atoms with Gasteiger partial charge in [0.25, 0.3) is 0 Å². The van der Waals surface area contributed by atoms with Crippen LogP contribution in [0.25, 0.3) is 0 Å². The zero-order valence-electron chi connectivity index (χ0n) is 7.50. The average molecular weight is 196 g/mol. The van der Waals surface area contributed by atoms with Crippen LogP contribution in [0.3, 0.4) is 0 Å². The number of phenolic OH excluding ortho intramolecular Hbond substituents is 1. The van der Waals surface area contributed by atoms with Gasteiger partial charge in [-0.2, -0.15) is 5.26 Å². The second-order valence-electron chi connectivity index (χ2n) is 2.96. The number of phenols is 1. The summed E-state index contributed by atoms with van der Waals surface area (Å²) < 4.78 is 0. The number of hydrogen-bond acceptors (Lipinski definition) is 2. The number of nitrogens with zero attached hydrogens (tertiary/aromatic N) is 1. The van der Waals surface area contributed by atoms with Crippen LogP contribution < -0.4 is 0 Å². The molecule has 1 aromatic rings. The molecule has 0 amide bonds. The van der Waals surface area contributed by atoms with Gasteiger partial charge in [0.2, 0.25) is 0 Å². The van der Waals surface area contributed by atoms with Crippen LogP contribution in [0.1, 0.15) is 24.0 Å². The Morgan fingerprint density at radius 3 is 2.69 bits per heavy atom. The number of rotatable bonds is 1. The van der Waals surface area contributed by atoms with E-state index in [1.807, 2.05) is 0 Å². The van der Waals surface area contributed by atoms with E-state index in [9.17, 15) is 5.11 Å². The largest absolute Gasteiger partial charge is 0.508 e. The topological polar surface area (TPSA) is 44.0 Å². The molecule has 1 unspecified atom stereocenters.